The molecular formula is C23H21ClN4O3S. The number of piperazine rings is 1. The molecule has 2 heterocycles. The van der Waals surface area contributed by atoms with Crippen LogP contribution in [0.25, 0.3) is 0 Å². The number of nitrogens with zero attached hydrogens (tertiary/aromatic N) is 3. The summed E-state index contributed by atoms with van der Waals surface area (Å²) in [5.41, 5.74) is 1.74. The third-order valence-electron chi connectivity index (χ3n) is 5.15. The zero-order valence-electron chi connectivity index (χ0n) is 17.2. The number of hydrogen-bond donors (Lipinski definition) is 1. The van der Waals surface area contributed by atoms with E-state index in [-0.39, 0.29) is 24.1 Å². The van der Waals surface area contributed by atoms with Crippen molar-refractivity contribution in [1.82, 2.24) is 14.8 Å². The summed E-state index contributed by atoms with van der Waals surface area (Å²) in [7, 11) is 0. The van der Waals surface area contributed by atoms with Crippen LogP contribution >= 0.6 is 22.9 Å². The third-order valence-corrected chi connectivity index (χ3v) is 6.21. The summed E-state index contributed by atoms with van der Waals surface area (Å²) >= 11 is 7.12. The minimum Gasteiger partial charge on any atom is -0.339 e. The molecule has 7 nitrogen and oxygen atoms in total. The second kappa shape index (κ2) is 9.93. The fraction of sp³-hybridized carbons (Fsp3) is 0.217. The maximum absolute atomic E-state index is 12.7. The molecule has 32 heavy (non-hydrogen) atoms. The van der Waals surface area contributed by atoms with Gasteiger partial charge in [-0.2, -0.15) is 0 Å². The molecule has 2 aromatic carbocycles. The van der Waals surface area contributed by atoms with Crippen molar-refractivity contribution in [1.29, 1.82) is 0 Å². The lowest BCUT2D eigenvalue weighted by atomic mass is 10.2. The highest BCUT2D eigenvalue weighted by atomic mass is 35.5. The highest BCUT2D eigenvalue weighted by Crippen LogP contribution is 2.19. The molecule has 3 aromatic rings. The third kappa shape index (κ3) is 5.33. The molecule has 4 rings (SSSR count). The van der Waals surface area contributed by atoms with E-state index < -0.39 is 0 Å². The van der Waals surface area contributed by atoms with Gasteiger partial charge in [-0.1, -0.05) is 29.8 Å². The molecule has 1 aliphatic heterocycles. The van der Waals surface area contributed by atoms with Gasteiger partial charge in [0.05, 0.1) is 12.1 Å². The lowest BCUT2D eigenvalue weighted by Crippen LogP contribution is -2.51. The minimum atomic E-state index is -0.284. The number of rotatable bonds is 5. The van der Waals surface area contributed by atoms with Gasteiger partial charge in [-0.25, -0.2) is 4.98 Å². The summed E-state index contributed by atoms with van der Waals surface area (Å²) in [5, 5.41) is 5.50. The smallest absolute Gasteiger partial charge is 0.257 e. The molecule has 1 aromatic heterocycles. The lowest BCUT2D eigenvalue weighted by Gasteiger charge is -2.34. The molecule has 9 heteroatoms. The topological polar surface area (TPSA) is 82.6 Å². The molecule has 164 valence electrons. The van der Waals surface area contributed by atoms with E-state index in [1.165, 1.54) is 11.3 Å². The molecular weight excluding hydrogens is 448 g/mol. The molecule has 1 fully saturated rings. The van der Waals surface area contributed by atoms with Gasteiger partial charge < -0.3 is 9.80 Å². The maximum atomic E-state index is 12.7. The Morgan fingerprint density at radius 2 is 1.56 bits per heavy atom. The van der Waals surface area contributed by atoms with Crippen LogP contribution in [0.2, 0.25) is 5.02 Å². The first-order chi connectivity index (χ1) is 15.5. The maximum Gasteiger partial charge on any atom is 0.257 e. The lowest BCUT2D eigenvalue weighted by molar-refractivity contribution is -0.132. The van der Waals surface area contributed by atoms with Crippen LogP contribution in [0.5, 0.6) is 0 Å². The van der Waals surface area contributed by atoms with Crippen LogP contribution in [-0.2, 0) is 11.2 Å². The van der Waals surface area contributed by atoms with Crippen molar-refractivity contribution in [2.45, 2.75) is 6.42 Å². The van der Waals surface area contributed by atoms with Crippen molar-refractivity contribution >= 4 is 45.8 Å². The number of thiazole rings is 1. The SMILES string of the molecule is O=C(Nc1nc(CC(=O)N2CCN(C(=O)c3ccccc3)CC2)cs1)c1ccc(Cl)cc1. The quantitative estimate of drug-likeness (QED) is 0.620. The van der Waals surface area contributed by atoms with E-state index in [2.05, 4.69) is 10.3 Å². The Morgan fingerprint density at radius 1 is 0.906 bits per heavy atom. The van der Waals surface area contributed by atoms with E-state index in [1.54, 1.807) is 51.6 Å². The van der Waals surface area contributed by atoms with Gasteiger partial charge in [-0.05, 0) is 36.4 Å². The Labute approximate surface area is 194 Å². The van der Waals surface area contributed by atoms with Gasteiger partial charge in [0, 0.05) is 47.7 Å². The Morgan fingerprint density at radius 3 is 2.25 bits per heavy atom. The van der Waals surface area contributed by atoms with Gasteiger partial charge in [0.2, 0.25) is 5.91 Å². The second-order valence-electron chi connectivity index (χ2n) is 7.32. The fourth-order valence-electron chi connectivity index (χ4n) is 3.41. The summed E-state index contributed by atoms with van der Waals surface area (Å²) in [4.78, 5) is 45.4. The number of nitrogens with one attached hydrogen (secondary N) is 1. The molecule has 0 atom stereocenters. The Balaban J connectivity index is 1.28. The number of carbonyl (C=O) groups is 3. The van der Waals surface area contributed by atoms with Crippen LogP contribution in [0, 0.1) is 0 Å². The number of carbonyl (C=O) groups excluding carboxylic acids is 3. The number of hydrogen-bond acceptors (Lipinski definition) is 5. The second-order valence-corrected chi connectivity index (χ2v) is 8.62. The summed E-state index contributed by atoms with van der Waals surface area (Å²) < 4.78 is 0. The van der Waals surface area contributed by atoms with E-state index in [0.29, 0.717) is 53.2 Å². The standard InChI is InChI=1S/C23H21ClN4O3S/c24-18-8-6-16(7-9-18)21(30)26-23-25-19(15-32-23)14-20(29)27-10-12-28(13-11-27)22(31)17-4-2-1-3-5-17/h1-9,15H,10-14H2,(H,25,26,30). The van der Waals surface area contributed by atoms with Gasteiger partial charge in [0.15, 0.2) is 5.13 Å². The minimum absolute atomic E-state index is 0.0155. The van der Waals surface area contributed by atoms with E-state index in [9.17, 15) is 14.4 Å². The van der Waals surface area contributed by atoms with E-state index in [4.69, 9.17) is 11.6 Å². The van der Waals surface area contributed by atoms with Crippen molar-refractivity contribution in [3.8, 4) is 0 Å². The van der Waals surface area contributed by atoms with Crippen LogP contribution in [0.15, 0.2) is 60.0 Å². The van der Waals surface area contributed by atoms with E-state index in [1.807, 2.05) is 18.2 Å². The first-order valence-corrected chi connectivity index (χ1v) is 11.4. The van der Waals surface area contributed by atoms with Gasteiger partial charge in [0.1, 0.15) is 0 Å². The number of amides is 3. The fourth-order valence-corrected chi connectivity index (χ4v) is 4.24. The predicted octanol–water partition coefficient (Wildman–Crippen LogP) is 3.58. The summed E-state index contributed by atoms with van der Waals surface area (Å²) in [6, 6.07) is 15.7. The molecule has 0 aliphatic carbocycles. The normalized spacial score (nSPS) is 13.7. The molecule has 0 saturated carbocycles. The van der Waals surface area contributed by atoms with Gasteiger partial charge >= 0.3 is 0 Å². The van der Waals surface area contributed by atoms with Crippen LogP contribution < -0.4 is 5.32 Å². The van der Waals surface area contributed by atoms with Crippen LogP contribution in [0.1, 0.15) is 26.4 Å². The van der Waals surface area contributed by atoms with Crippen molar-refractivity contribution in [2.75, 3.05) is 31.5 Å². The zero-order valence-corrected chi connectivity index (χ0v) is 18.7. The summed E-state index contributed by atoms with van der Waals surface area (Å²) in [6.45, 7) is 1.97. The average Bonchev–Trinajstić information content (AvgIpc) is 3.26. The van der Waals surface area contributed by atoms with Crippen molar-refractivity contribution in [3.63, 3.8) is 0 Å². The largest absolute Gasteiger partial charge is 0.339 e. The number of aromatic nitrogens is 1. The Bertz CT molecular complexity index is 1110. The van der Waals surface area contributed by atoms with Crippen molar-refractivity contribution in [3.05, 3.63) is 81.8 Å². The van der Waals surface area contributed by atoms with Gasteiger partial charge in [-0.3, -0.25) is 19.7 Å². The first kappa shape index (κ1) is 22.0. The summed E-state index contributed by atoms with van der Waals surface area (Å²) in [5.74, 6) is -0.343. The van der Waals surface area contributed by atoms with Gasteiger partial charge in [-0.15, -0.1) is 11.3 Å². The number of halogens is 1. The van der Waals surface area contributed by atoms with Crippen molar-refractivity contribution < 1.29 is 14.4 Å². The zero-order chi connectivity index (χ0) is 22.5. The molecule has 1 aliphatic rings. The monoisotopic (exact) mass is 468 g/mol. The molecule has 0 unspecified atom stereocenters. The van der Waals surface area contributed by atoms with Crippen LogP contribution in [0.4, 0.5) is 5.13 Å². The van der Waals surface area contributed by atoms with Gasteiger partial charge in [0.25, 0.3) is 11.8 Å². The molecule has 1 N–H and O–H groups in total. The molecule has 0 spiro atoms. The summed E-state index contributed by atoms with van der Waals surface area (Å²) in [6.07, 6.45) is 0.153. The Hall–Kier alpha value is -3.23. The highest BCUT2D eigenvalue weighted by molar-refractivity contribution is 7.14. The highest BCUT2D eigenvalue weighted by Gasteiger charge is 2.25. The number of benzene rings is 2. The molecule has 3 amide bonds. The molecule has 0 bridgehead atoms. The average molecular weight is 469 g/mol. The molecule has 1 saturated heterocycles. The first-order valence-electron chi connectivity index (χ1n) is 10.1. The number of anilines is 1. The van der Waals surface area contributed by atoms with Crippen LogP contribution in [-0.4, -0.2) is 58.7 Å². The predicted molar refractivity (Wildman–Crippen MR) is 124 cm³/mol. The Kier molecular flexibility index (Phi) is 6.82. The van der Waals surface area contributed by atoms with Crippen LogP contribution in [0.3, 0.4) is 0 Å². The molecule has 0 radical (unpaired) electrons. The van der Waals surface area contributed by atoms with E-state index in [0.717, 1.165) is 0 Å². The van der Waals surface area contributed by atoms with E-state index >= 15 is 0 Å². The van der Waals surface area contributed by atoms with Crippen molar-refractivity contribution in [2.24, 2.45) is 0 Å².